The van der Waals surface area contributed by atoms with Crippen LogP contribution in [-0.4, -0.2) is 75.2 Å². The summed E-state index contributed by atoms with van der Waals surface area (Å²) in [4.78, 5) is 12.1. The molecule has 3 rings (SSSR count). The number of ether oxygens (including phenoxy) is 3. The highest BCUT2D eigenvalue weighted by Crippen LogP contribution is 2.42. The first-order valence-corrected chi connectivity index (χ1v) is 11.5. The van der Waals surface area contributed by atoms with Gasteiger partial charge >= 0.3 is 0 Å². The van der Waals surface area contributed by atoms with Gasteiger partial charge in [-0.1, -0.05) is 32.3 Å². The molecule has 0 amide bonds. The fraction of sp³-hybridized carbons (Fsp3) is 0.560. The van der Waals surface area contributed by atoms with Gasteiger partial charge in [-0.25, -0.2) is 0 Å². The average Bonchev–Trinajstić information content (AvgIpc) is 2.78. The summed E-state index contributed by atoms with van der Waals surface area (Å²) in [5, 5.41) is 53.6. The molecule has 188 valence electrons. The molecule has 0 aliphatic carbocycles. The van der Waals surface area contributed by atoms with Gasteiger partial charge in [0.05, 0.1) is 24.2 Å². The lowest BCUT2D eigenvalue weighted by atomic mass is 9.93. The molecule has 2 aromatic carbocycles. The second kappa shape index (κ2) is 10.9. The van der Waals surface area contributed by atoms with Crippen molar-refractivity contribution in [3.63, 3.8) is 0 Å². The zero-order valence-electron chi connectivity index (χ0n) is 19.9. The molecule has 0 saturated carbocycles. The molecule has 0 radical (unpaired) electrons. The number of aryl methyl sites for hydroxylation is 1. The van der Waals surface area contributed by atoms with E-state index in [4.69, 9.17) is 14.2 Å². The summed E-state index contributed by atoms with van der Waals surface area (Å²) >= 11 is 0. The Kier molecular flexibility index (Phi) is 8.38. The number of aliphatic hydroxyl groups is 4. The van der Waals surface area contributed by atoms with E-state index in [2.05, 4.69) is 0 Å². The van der Waals surface area contributed by atoms with Gasteiger partial charge in [0.25, 0.3) is 0 Å². The highest BCUT2D eigenvalue weighted by atomic mass is 16.7. The molecule has 34 heavy (non-hydrogen) atoms. The van der Waals surface area contributed by atoms with E-state index in [9.17, 15) is 30.3 Å². The minimum atomic E-state index is -1.64. The van der Waals surface area contributed by atoms with Crippen LogP contribution in [0.4, 0.5) is 0 Å². The summed E-state index contributed by atoms with van der Waals surface area (Å²) in [7, 11) is 1.45. The van der Waals surface area contributed by atoms with Gasteiger partial charge in [0.2, 0.25) is 6.29 Å². The normalized spacial score (nSPS) is 25.8. The van der Waals surface area contributed by atoms with Crippen LogP contribution in [0.15, 0.2) is 18.2 Å². The molecular formula is C25H34O9. The van der Waals surface area contributed by atoms with Crippen molar-refractivity contribution < 1.29 is 44.5 Å². The van der Waals surface area contributed by atoms with E-state index in [-0.39, 0.29) is 28.2 Å². The van der Waals surface area contributed by atoms with Crippen LogP contribution in [0.1, 0.15) is 55.5 Å². The van der Waals surface area contributed by atoms with Crippen LogP contribution in [0.2, 0.25) is 0 Å². The van der Waals surface area contributed by atoms with E-state index in [1.54, 1.807) is 19.1 Å². The molecule has 0 bridgehead atoms. The number of fused-ring (bicyclic) bond motifs is 1. The third-order valence-electron chi connectivity index (χ3n) is 6.27. The number of benzene rings is 2. The van der Waals surface area contributed by atoms with E-state index in [1.807, 2.05) is 6.92 Å². The number of aromatic hydroxyl groups is 1. The molecule has 2 aromatic rings. The Hall–Kier alpha value is -2.43. The maximum Gasteiger partial charge on any atom is 0.229 e. The van der Waals surface area contributed by atoms with E-state index in [1.165, 1.54) is 20.1 Å². The zero-order valence-corrected chi connectivity index (χ0v) is 19.9. The van der Waals surface area contributed by atoms with E-state index in [0.717, 1.165) is 12.8 Å². The molecule has 1 aliphatic rings. The molecule has 1 aliphatic heterocycles. The van der Waals surface area contributed by atoms with Crippen molar-refractivity contribution in [1.82, 2.24) is 0 Å². The summed E-state index contributed by atoms with van der Waals surface area (Å²) in [6.45, 7) is 5.07. The smallest absolute Gasteiger partial charge is 0.229 e. The number of ketones is 1. The molecule has 9 nitrogen and oxygen atoms in total. The van der Waals surface area contributed by atoms with Crippen molar-refractivity contribution in [3.8, 4) is 17.2 Å². The van der Waals surface area contributed by atoms with Gasteiger partial charge in [0, 0.05) is 6.07 Å². The van der Waals surface area contributed by atoms with Crippen molar-refractivity contribution in [2.45, 2.75) is 83.3 Å². The highest BCUT2D eigenvalue weighted by Gasteiger charge is 2.47. The van der Waals surface area contributed by atoms with Gasteiger partial charge in [-0.15, -0.1) is 0 Å². The molecule has 5 N–H and O–H groups in total. The van der Waals surface area contributed by atoms with Crippen LogP contribution < -0.4 is 9.47 Å². The fourth-order valence-electron chi connectivity index (χ4n) is 4.43. The molecule has 0 unspecified atom stereocenters. The van der Waals surface area contributed by atoms with Gasteiger partial charge in [0.15, 0.2) is 5.78 Å². The van der Waals surface area contributed by atoms with Crippen molar-refractivity contribution >= 4 is 16.6 Å². The van der Waals surface area contributed by atoms with Gasteiger partial charge in [0.1, 0.15) is 41.7 Å². The van der Waals surface area contributed by atoms with Crippen molar-refractivity contribution in [1.29, 1.82) is 0 Å². The Bertz CT molecular complexity index is 1020. The molecule has 1 saturated heterocycles. The van der Waals surface area contributed by atoms with Gasteiger partial charge in [-0.2, -0.15) is 0 Å². The molecule has 0 spiro atoms. The predicted octanol–water partition coefficient (Wildman–Crippen LogP) is 2.19. The van der Waals surface area contributed by atoms with E-state index < -0.39 is 36.8 Å². The third kappa shape index (κ3) is 5.13. The first-order valence-electron chi connectivity index (χ1n) is 11.5. The molecule has 0 aromatic heterocycles. The zero-order chi connectivity index (χ0) is 25.2. The van der Waals surface area contributed by atoms with Gasteiger partial charge < -0.3 is 39.7 Å². The number of unbranched alkanes of at least 4 members (excludes halogenated alkanes) is 2. The second-order valence-corrected chi connectivity index (χ2v) is 8.82. The number of Topliss-reactive ketones (excluding diaryl/α,β-unsaturated/α-hetero) is 1. The Balaban J connectivity index is 2.00. The summed E-state index contributed by atoms with van der Waals surface area (Å²) in [5.74, 6) is -0.191. The number of methoxy groups -OCH3 is 1. The molecule has 1 heterocycles. The summed E-state index contributed by atoms with van der Waals surface area (Å²) in [6.07, 6.45) is -5.67. The largest absolute Gasteiger partial charge is 0.506 e. The quantitative estimate of drug-likeness (QED) is 0.270. The van der Waals surface area contributed by atoms with Gasteiger partial charge in [-0.05, 0) is 37.3 Å². The van der Waals surface area contributed by atoms with Crippen LogP contribution >= 0.6 is 0 Å². The van der Waals surface area contributed by atoms with E-state index >= 15 is 0 Å². The molecular weight excluding hydrogens is 444 g/mol. The summed E-state index contributed by atoms with van der Waals surface area (Å²) in [6, 6.07) is 4.83. The van der Waals surface area contributed by atoms with Crippen molar-refractivity contribution in [2.75, 3.05) is 7.11 Å². The fourth-order valence-corrected chi connectivity index (χ4v) is 4.43. The Labute approximate surface area is 198 Å². The maximum atomic E-state index is 12.1. The van der Waals surface area contributed by atoms with Crippen LogP contribution in [0.25, 0.3) is 10.8 Å². The highest BCUT2D eigenvalue weighted by molar-refractivity contribution is 6.07. The minimum absolute atomic E-state index is 0.0428. The van der Waals surface area contributed by atoms with Crippen molar-refractivity contribution in [3.05, 3.63) is 29.3 Å². The summed E-state index contributed by atoms with van der Waals surface area (Å²) in [5.41, 5.74) is 0.701. The lowest BCUT2D eigenvalue weighted by Gasteiger charge is -2.42. The van der Waals surface area contributed by atoms with Crippen molar-refractivity contribution in [2.24, 2.45) is 0 Å². The average molecular weight is 479 g/mol. The van der Waals surface area contributed by atoms with Gasteiger partial charge in [-0.3, -0.25) is 4.79 Å². The summed E-state index contributed by atoms with van der Waals surface area (Å²) < 4.78 is 16.9. The molecule has 9 heteroatoms. The van der Waals surface area contributed by atoms with Crippen LogP contribution in [0, 0.1) is 6.92 Å². The monoisotopic (exact) mass is 478 g/mol. The van der Waals surface area contributed by atoms with E-state index in [0.29, 0.717) is 29.5 Å². The third-order valence-corrected chi connectivity index (χ3v) is 6.27. The predicted molar refractivity (Wildman–Crippen MR) is 124 cm³/mol. The number of phenols is 1. The van der Waals surface area contributed by atoms with Crippen LogP contribution in [0.5, 0.6) is 17.2 Å². The number of aliphatic hydroxyl groups excluding tert-OH is 4. The minimum Gasteiger partial charge on any atom is -0.506 e. The lowest BCUT2D eigenvalue weighted by Crippen LogP contribution is -2.62. The topological polar surface area (TPSA) is 146 Å². The Morgan fingerprint density at radius 2 is 1.82 bits per heavy atom. The number of rotatable bonds is 9. The number of hydrogen-bond acceptors (Lipinski definition) is 9. The number of carbonyl (C=O) groups excluding carboxylic acids is 1. The number of phenolic OH excluding ortho intramolecular Hbond substituents is 1. The standard InChI is InChI=1S/C25H34O9/c1-5-6-7-8-16(27)24-22(30)21(29)23(31)25(34-24)33-17-11-15(32-4)10-14-9-12(2)18(13(3)26)20(28)19(14)17/h9-11,16,21-25,27-31H,5-8H2,1-4H3/t16-,21-,22-,23+,24+,25-/m0/s1. The first kappa shape index (κ1) is 26.2. The molecule has 6 atom stereocenters. The van der Waals surface area contributed by atoms with Crippen LogP contribution in [-0.2, 0) is 4.74 Å². The first-order chi connectivity index (χ1) is 16.1. The maximum absolute atomic E-state index is 12.1. The number of carbonyl (C=O) groups is 1. The van der Waals surface area contributed by atoms with Crippen LogP contribution in [0.3, 0.4) is 0 Å². The molecule has 1 fully saturated rings. The Morgan fingerprint density at radius 1 is 1.12 bits per heavy atom. The number of hydrogen-bond donors (Lipinski definition) is 5. The Morgan fingerprint density at radius 3 is 2.44 bits per heavy atom. The SMILES string of the molecule is CCCCC[C@H](O)[C@H]1O[C@H](Oc2cc(OC)cc3cc(C)c(C(C)=O)c(O)c23)[C@H](O)[C@@H](O)[C@@H]1O. The lowest BCUT2D eigenvalue weighted by molar-refractivity contribution is -0.288. The second-order valence-electron chi connectivity index (χ2n) is 8.82.